The minimum atomic E-state index is -0.982. The molecule has 3 atom stereocenters. The van der Waals surface area contributed by atoms with E-state index in [0.717, 1.165) is 25.7 Å². The molecular formula is C13H22N2O4. The zero-order valence-corrected chi connectivity index (χ0v) is 11.3. The molecule has 2 rings (SSSR count). The summed E-state index contributed by atoms with van der Waals surface area (Å²) in [4.78, 5) is 25.0. The number of ether oxygens (including phenoxy) is 1. The summed E-state index contributed by atoms with van der Waals surface area (Å²) in [7, 11) is 0. The van der Waals surface area contributed by atoms with Gasteiger partial charge in [0.25, 0.3) is 0 Å². The van der Waals surface area contributed by atoms with Crippen LogP contribution in [0.5, 0.6) is 0 Å². The Balaban J connectivity index is 1.98. The number of nitrogens with zero attached hydrogens (tertiary/aromatic N) is 1. The number of amides is 2. The molecule has 0 aromatic rings. The van der Waals surface area contributed by atoms with Gasteiger partial charge in [-0.05, 0) is 19.3 Å². The number of hydrogen-bond acceptors (Lipinski definition) is 3. The van der Waals surface area contributed by atoms with Crippen molar-refractivity contribution in [2.24, 2.45) is 0 Å². The fraction of sp³-hybridized carbons (Fsp3) is 0.846. The number of fused-ring (bicyclic) bond motifs is 1. The van der Waals surface area contributed by atoms with Crippen LogP contribution in [0, 0.1) is 0 Å². The number of hydrogen-bond donors (Lipinski definition) is 2. The van der Waals surface area contributed by atoms with E-state index in [0.29, 0.717) is 19.6 Å². The highest BCUT2D eigenvalue weighted by Gasteiger charge is 2.37. The smallest absolute Gasteiger partial charge is 0.326 e. The lowest BCUT2D eigenvalue weighted by molar-refractivity contribution is -0.139. The highest BCUT2D eigenvalue weighted by Crippen LogP contribution is 2.28. The molecule has 0 aromatic heterocycles. The van der Waals surface area contributed by atoms with Gasteiger partial charge in [0.2, 0.25) is 0 Å². The SMILES string of the molecule is CC[C@H](NC(=O)N1CCOC2CCCCC21)C(=O)O. The normalized spacial score (nSPS) is 28.4. The quantitative estimate of drug-likeness (QED) is 0.807. The van der Waals surface area contributed by atoms with Crippen LogP contribution in [0.1, 0.15) is 39.0 Å². The second-order valence-corrected chi connectivity index (χ2v) is 5.20. The first kappa shape index (κ1) is 14.1. The van der Waals surface area contributed by atoms with Crippen LogP contribution in [0.15, 0.2) is 0 Å². The maximum absolute atomic E-state index is 12.2. The monoisotopic (exact) mass is 270 g/mol. The van der Waals surface area contributed by atoms with E-state index >= 15 is 0 Å². The number of aliphatic carboxylic acids is 1. The standard InChI is InChI=1S/C13H22N2O4/c1-2-9(12(16)17)14-13(18)15-7-8-19-11-6-4-3-5-10(11)15/h9-11H,2-8H2,1H3,(H,14,18)(H,16,17)/t9-,10?,11?/m0/s1. The largest absolute Gasteiger partial charge is 0.480 e. The first-order valence-electron chi connectivity index (χ1n) is 7.05. The molecule has 0 bridgehead atoms. The molecule has 2 amide bonds. The Hall–Kier alpha value is -1.30. The van der Waals surface area contributed by atoms with Crippen LogP contribution in [0.4, 0.5) is 4.79 Å². The minimum Gasteiger partial charge on any atom is -0.480 e. The summed E-state index contributed by atoms with van der Waals surface area (Å²) in [6.45, 7) is 2.84. The van der Waals surface area contributed by atoms with Gasteiger partial charge in [-0.2, -0.15) is 0 Å². The number of carbonyl (C=O) groups excluding carboxylic acids is 1. The number of morpholine rings is 1. The van der Waals surface area contributed by atoms with Crippen molar-refractivity contribution >= 4 is 12.0 Å². The van der Waals surface area contributed by atoms with Gasteiger partial charge in [0, 0.05) is 6.54 Å². The van der Waals surface area contributed by atoms with Crippen LogP contribution in [0.3, 0.4) is 0 Å². The molecular weight excluding hydrogens is 248 g/mol. The van der Waals surface area contributed by atoms with Crippen molar-refractivity contribution in [1.29, 1.82) is 0 Å². The van der Waals surface area contributed by atoms with Crippen molar-refractivity contribution in [2.75, 3.05) is 13.2 Å². The van der Waals surface area contributed by atoms with Crippen molar-refractivity contribution < 1.29 is 19.4 Å². The Morgan fingerprint density at radius 3 is 2.84 bits per heavy atom. The average Bonchev–Trinajstić information content (AvgIpc) is 2.43. The molecule has 2 N–H and O–H groups in total. The second-order valence-electron chi connectivity index (χ2n) is 5.20. The Morgan fingerprint density at radius 1 is 1.42 bits per heavy atom. The molecule has 19 heavy (non-hydrogen) atoms. The molecule has 108 valence electrons. The van der Waals surface area contributed by atoms with E-state index < -0.39 is 12.0 Å². The first-order chi connectivity index (χ1) is 9.13. The van der Waals surface area contributed by atoms with Crippen LogP contribution in [-0.4, -0.2) is 53.3 Å². The molecule has 2 unspecified atom stereocenters. The molecule has 6 heteroatoms. The number of urea groups is 1. The van der Waals surface area contributed by atoms with Crippen molar-refractivity contribution in [3.8, 4) is 0 Å². The van der Waals surface area contributed by atoms with Gasteiger partial charge in [0.1, 0.15) is 6.04 Å². The van der Waals surface area contributed by atoms with E-state index in [-0.39, 0.29) is 18.2 Å². The van der Waals surface area contributed by atoms with E-state index in [4.69, 9.17) is 9.84 Å². The molecule has 1 saturated heterocycles. The van der Waals surface area contributed by atoms with Crippen LogP contribution in [0.2, 0.25) is 0 Å². The third-order valence-corrected chi connectivity index (χ3v) is 4.00. The first-order valence-corrected chi connectivity index (χ1v) is 7.05. The van der Waals surface area contributed by atoms with Crippen LogP contribution in [-0.2, 0) is 9.53 Å². The summed E-state index contributed by atoms with van der Waals surface area (Å²) in [5, 5.41) is 11.6. The van der Waals surface area contributed by atoms with E-state index in [1.165, 1.54) is 0 Å². The Labute approximate surface area is 113 Å². The second kappa shape index (κ2) is 6.23. The van der Waals surface area contributed by atoms with Crippen molar-refractivity contribution in [3.63, 3.8) is 0 Å². The Morgan fingerprint density at radius 2 is 2.16 bits per heavy atom. The van der Waals surface area contributed by atoms with E-state index in [1.54, 1.807) is 11.8 Å². The maximum atomic E-state index is 12.2. The zero-order valence-electron chi connectivity index (χ0n) is 11.3. The fourth-order valence-corrected chi connectivity index (χ4v) is 2.92. The summed E-state index contributed by atoms with van der Waals surface area (Å²) in [5.74, 6) is -0.982. The fourth-order valence-electron chi connectivity index (χ4n) is 2.92. The summed E-state index contributed by atoms with van der Waals surface area (Å²) in [6, 6.07) is -0.972. The summed E-state index contributed by atoms with van der Waals surface area (Å²) < 4.78 is 5.70. The highest BCUT2D eigenvalue weighted by atomic mass is 16.5. The number of carbonyl (C=O) groups is 2. The molecule has 1 aliphatic heterocycles. The Kier molecular flexibility index (Phi) is 4.63. The average molecular weight is 270 g/mol. The van der Waals surface area contributed by atoms with Crippen molar-refractivity contribution in [2.45, 2.75) is 57.2 Å². The van der Waals surface area contributed by atoms with Crippen molar-refractivity contribution in [1.82, 2.24) is 10.2 Å². The van der Waals surface area contributed by atoms with E-state index in [1.807, 2.05) is 0 Å². The summed E-state index contributed by atoms with van der Waals surface area (Å²) >= 11 is 0. The molecule has 1 aliphatic carbocycles. The minimum absolute atomic E-state index is 0.105. The van der Waals surface area contributed by atoms with Crippen LogP contribution < -0.4 is 5.32 Å². The zero-order chi connectivity index (χ0) is 13.8. The van der Waals surface area contributed by atoms with Gasteiger partial charge in [-0.1, -0.05) is 19.8 Å². The van der Waals surface area contributed by atoms with Gasteiger partial charge in [-0.25, -0.2) is 9.59 Å². The lowest BCUT2D eigenvalue weighted by atomic mass is 9.90. The maximum Gasteiger partial charge on any atom is 0.326 e. The summed E-state index contributed by atoms with van der Waals surface area (Å²) in [6.07, 6.45) is 4.69. The Bertz CT molecular complexity index is 346. The van der Waals surface area contributed by atoms with Crippen LogP contribution in [0.25, 0.3) is 0 Å². The van der Waals surface area contributed by atoms with E-state index in [9.17, 15) is 9.59 Å². The topological polar surface area (TPSA) is 78.9 Å². The molecule has 6 nitrogen and oxygen atoms in total. The van der Waals surface area contributed by atoms with E-state index in [2.05, 4.69) is 5.32 Å². The lowest BCUT2D eigenvalue weighted by Gasteiger charge is -2.43. The van der Waals surface area contributed by atoms with Crippen molar-refractivity contribution in [3.05, 3.63) is 0 Å². The third kappa shape index (κ3) is 3.18. The molecule has 0 spiro atoms. The molecule has 1 heterocycles. The molecule has 2 aliphatic rings. The predicted octanol–water partition coefficient (Wildman–Crippen LogP) is 1.20. The van der Waals surface area contributed by atoms with Gasteiger partial charge >= 0.3 is 12.0 Å². The number of carboxylic acid groups (broad SMARTS) is 1. The van der Waals surface area contributed by atoms with Crippen LogP contribution >= 0.6 is 0 Å². The molecule has 2 fully saturated rings. The van der Waals surface area contributed by atoms with Gasteiger partial charge in [-0.3, -0.25) is 0 Å². The number of nitrogens with one attached hydrogen (secondary N) is 1. The predicted molar refractivity (Wildman–Crippen MR) is 68.9 cm³/mol. The number of rotatable bonds is 3. The van der Waals surface area contributed by atoms with Gasteiger partial charge in [-0.15, -0.1) is 0 Å². The molecule has 0 radical (unpaired) electrons. The third-order valence-electron chi connectivity index (χ3n) is 4.00. The molecule has 1 saturated carbocycles. The molecule has 0 aromatic carbocycles. The van der Waals surface area contributed by atoms with Gasteiger partial charge in [0.15, 0.2) is 0 Å². The number of carboxylic acids is 1. The highest BCUT2D eigenvalue weighted by molar-refractivity contribution is 5.82. The summed E-state index contributed by atoms with van der Waals surface area (Å²) in [5.41, 5.74) is 0. The van der Waals surface area contributed by atoms with Gasteiger partial charge in [0.05, 0.1) is 18.8 Å². The van der Waals surface area contributed by atoms with Gasteiger partial charge < -0.3 is 20.1 Å². The lowest BCUT2D eigenvalue weighted by Crippen LogP contribution is -2.59.